The number of rotatable bonds is 0. The SMILES string of the molecule is CC12CCC3CCCC3=C1CCC1=CC(=O)CCC12.CS(N)=O. The second-order valence-corrected chi connectivity index (χ2v) is 8.82. The molecule has 4 aliphatic rings. The summed E-state index contributed by atoms with van der Waals surface area (Å²) < 4.78 is 9.33. The summed E-state index contributed by atoms with van der Waals surface area (Å²) in [7, 11) is -1.11. The highest BCUT2D eigenvalue weighted by atomic mass is 32.2. The van der Waals surface area contributed by atoms with Gasteiger partial charge in [-0.1, -0.05) is 23.6 Å². The third kappa shape index (κ3) is 3.25. The molecular formula is C19H29NO2S. The summed E-state index contributed by atoms with van der Waals surface area (Å²) >= 11 is 0. The maximum atomic E-state index is 11.7. The first kappa shape index (κ1) is 17.1. The van der Waals surface area contributed by atoms with Crippen molar-refractivity contribution >= 4 is 16.8 Å². The Labute approximate surface area is 142 Å². The number of allylic oxidation sites excluding steroid dienone is 4. The predicted molar refractivity (Wildman–Crippen MR) is 95.0 cm³/mol. The van der Waals surface area contributed by atoms with E-state index in [1.165, 1.54) is 50.4 Å². The number of hydrogen-bond donors (Lipinski definition) is 1. The van der Waals surface area contributed by atoms with Gasteiger partial charge in [0, 0.05) is 12.7 Å². The fraction of sp³-hybridized carbons (Fsp3) is 0.737. The molecule has 0 amide bonds. The summed E-state index contributed by atoms with van der Waals surface area (Å²) in [6, 6.07) is 0. The van der Waals surface area contributed by atoms with Crippen LogP contribution in [0, 0.1) is 17.3 Å². The Bertz CT molecular complexity index is 588. The average Bonchev–Trinajstić information content (AvgIpc) is 2.94. The molecule has 0 aromatic carbocycles. The third-order valence-electron chi connectivity index (χ3n) is 6.49. The standard InChI is InChI=1S/C18H24O.CH5NOS/c1-18-10-9-12-3-2-4-15(12)17(18)7-5-13-11-14(19)6-8-16(13)18;1-4(2)3/h11-12,16H,2-10H2,1H3;2H2,1H3. The van der Waals surface area contributed by atoms with E-state index < -0.39 is 11.0 Å². The third-order valence-corrected chi connectivity index (χ3v) is 6.49. The van der Waals surface area contributed by atoms with Crippen molar-refractivity contribution in [3.05, 3.63) is 22.8 Å². The first-order valence-electron chi connectivity index (χ1n) is 8.95. The van der Waals surface area contributed by atoms with Gasteiger partial charge in [-0.3, -0.25) is 9.93 Å². The van der Waals surface area contributed by atoms with Crippen molar-refractivity contribution in [3.8, 4) is 0 Å². The van der Waals surface area contributed by atoms with Crippen LogP contribution in [0.1, 0.15) is 64.7 Å². The summed E-state index contributed by atoms with van der Waals surface area (Å²) in [5.74, 6) is 1.99. The molecule has 3 nitrogen and oxygen atoms in total. The van der Waals surface area contributed by atoms with E-state index in [9.17, 15) is 9.00 Å². The van der Waals surface area contributed by atoms with Gasteiger partial charge in [0.05, 0.1) is 11.0 Å². The lowest BCUT2D eigenvalue weighted by Gasteiger charge is -2.50. The Balaban J connectivity index is 0.000000354. The minimum Gasteiger partial charge on any atom is -0.295 e. The molecule has 4 unspecified atom stereocenters. The molecule has 128 valence electrons. The first-order valence-corrected chi connectivity index (χ1v) is 10.6. The van der Waals surface area contributed by atoms with Crippen molar-refractivity contribution in [2.24, 2.45) is 22.4 Å². The molecule has 0 bridgehead atoms. The topological polar surface area (TPSA) is 60.2 Å². The molecule has 0 saturated heterocycles. The molecule has 0 heterocycles. The highest BCUT2D eigenvalue weighted by molar-refractivity contribution is 7.81. The molecule has 4 aliphatic carbocycles. The van der Waals surface area contributed by atoms with Gasteiger partial charge in [-0.05, 0) is 74.7 Å². The molecule has 0 spiro atoms. The van der Waals surface area contributed by atoms with Gasteiger partial charge in [-0.2, -0.15) is 0 Å². The van der Waals surface area contributed by atoms with E-state index in [4.69, 9.17) is 0 Å². The van der Waals surface area contributed by atoms with Crippen molar-refractivity contribution in [3.63, 3.8) is 0 Å². The van der Waals surface area contributed by atoms with Crippen LogP contribution in [0.3, 0.4) is 0 Å². The Morgan fingerprint density at radius 3 is 2.65 bits per heavy atom. The van der Waals surface area contributed by atoms with Crippen LogP contribution in [0.4, 0.5) is 0 Å². The van der Waals surface area contributed by atoms with Crippen molar-refractivity contribution in [1.82, 2.24) is 0 Å². The van der Waals surface area contributed by atoms with Gasteiger partial charge in [0.25, 0.3) is 0 Å². The Morgan fingerprint density at radius 2 is 1.91 bits per heavy atom. The van der Waals surface area contributed by atoms with Gasteiger partial charge in [0.1, 0.15) is 0 Å². The number of carbonyl (C=O) groups excluding carboxylic acids is 1. The largest absolute Gasteiger partial charge is 0.295 e. The molecule has 0 aliphatic heterocycles. The van der Waals surface area contributed by atoms with E-state index in [0.717, 1.165) is 25.2 Å². The van der Waals surface area contributed by atoms with Crippen LogP contribution < -0.4 is 5.14 Å². The summed E-state index contributed by atoms with van der Waals surface area (Å²) in [5, 5.41) is 4.58. The molecule has 4 heteroatoms. The molecule has 2 fully saturated rings. The first-order chi connectivity index (χ1) is 10.9. The number of nitrogens with two attached hydrogens (primary N) is 1. The minimum atomic E-state index is -1.11. The average molecular weight is 336 g/mol. The van der Waals surface area contributed by atoms with Gasteiger partial charge in [-0.15, -0.1) is 0 Å². The number of hydrogen-bond acceptors (Lipinski definition) is 2. The normalized spacial score (nSPS) is 37.0. The van der Waals surface area contributed by atoms with Crippen LogP contribution in [0.5, 0.6) is 0 Å². The van der Waals surface area contributed by atoms with E-state index in [2.05, 4.69) is 12.1 Å². The van der Waals surface area contributed by atoms with Crippen molar-refractivity contribution in [2.45, 2.75) is 64.7 Å². The van der Waals surface area contributed by atoms with E-state index in [-0.39, 0.29) is 0 Å². The van der Waals surface area contributed by atoms with Gasteiger partial charge in [-0.25, -0.2) is 4.21 Å². The molecule has 2 saturated carbocycles. The molecule has 0 aromatic heterocycles. The lowest BCUT2D eigenvalue weighted by atomic mass is 9.54. The fourth-order valence-electron chi connectivity index (χ4n) is 5.55. The predicted octanol–water partition coefficient (Wildman–Crippen LogP) is 3.82. The van der Waals surface area contributed by atoms with Gasteiger partial charge in [0.15, 0.2) is 5.78 Å². The molecule has 4 atom stereocenters. The highest BCUT2D eigenvalue weighted by Crippen LogP contribution is 2.60. The van der Waals surface area contributed by atoms with E-state index in [1.54, 1.807) is 0 Å². The number of fused-ring (bicyclic) bond motifs is 4. The van der Waals surface area contributed by atoms with E-state index in [0.29, 0.717) is 17.1 Å². The second-order valence-electron chi connectivity index (χ2n) is 7.82. The number of carbonyl (C=O) groups is 1. The fourth-order valence-corrected chi connectivity index (χ4v) is 5.55. The highest BCUT2D eigenvalue weighted by Gasteiger charge is 2.48. The molecular weight excluding hydrogens is 306 g/mol. The maximum Gasteiger partial charge on any atom is 0.155 e. The van der Waals surface area contributed by atoms with Crippen LogP contribution in [0.25, 0.3) is 0 Å². The molecule has 0 aromatic rings. The Hall–Kier alpha value is -0.740. The quantitative estimate of drug-likeness (QED) is 0.684. The summed E-state index contributed by atoms with van der Waals surface area (Å²) in [4.78, 5) is 11.7. The molecule has 0 radical (unpaired) electrons. The molecule has 4 rings (SSSR count). The molecule has 23 heavy (non-hydrogen) atoms. The maximum absolute atomic E-state index is 11.7. The van der Waals surface area contributed by atoms with Crippen LogP contribution in [-0.2, 0) is 15.8 Å². The van der Waals surface area contributed by atoms with Crippen LogP contribution >= 0.6 is 0 Å². The van der Waals surface area contributed by atoms with Gasteiger partial charge < -0.3 is 0 Å². The smallest absolute Gasteiger partial charge is 0.155 e. The van der Waals surface area contributed by atoms with Crippen molar-refractivity contribution < 1.29 is 9.00 Å². The van der Waals surface area contributed by atoms with Gasteiger partial charge in [0.2, 0.25) is 0 Å². The Morgan fingerprint density at radius 1 is 1.17 bits per heavy atom. The van der Waals surface area contributed by atoms with E-state index >= 15 is 0 Å². The number of ketones is 1. The zero-order valence-electron chi connectivity index (χ0n) is 14.4. The summed E-state index contributed by atoms with van der Waals surface area (Å²) in [5.41, 5.74) is 5.57. The lowest BCUT2D eigenvalue weighted by Crippen LogP contribution is -2.40. The summed E-state index contributed by atoms with van der Waals surface area (Å²) in [6.45, 7) is 2.51. The van der Waals surface area contributed by atoms with Crippen LogP contribution in [-0.4, -0.2) is 16.2 Å². The molecule has 2 N–H and O–H groups in total. The van der Waals surface area contributed by atoms with Crippen molar-refractivity contribution in [2.75, 3.05) is 6.26 Å². The van der Waals surface area contributed by atoms with E-state index in [1.807, 2.05) is 17.2 Å². The van der Waals surface area contributed by atoms with Gasteiger partial charge >= 0.3 is 0 Å². The zero-order valence-corrected chi connectivity index (χ0v) is 15.2. The monoisotopic (exact) mass is 335 g/mol. The van der Waals surface area contributed by atoms with Crippen LogP contribution in [0.15, 0.2) is 22.8 Å². The Kier molecular flexibility index (Phi) is 4.93. The minimum absolute atomic E-state index is 0.375. The van der Waals surface area contributed by atoms with Crippen LogP contribution in [0.2, 0.25) is 0 Å². The second kappa shape index (κ2) is 6.64. The lowest BCUT2D eigenvalue weighted by molar-refractivity contribution is -0.115. The summed E-state index contributed by atoms with van der Waals surface area (Å²) in [6.07, 6.45) is 14.8. The zero-order chi connectivity index (χ0) is 16.6. The van der Waals surface area contributed by atoms with Crippen molar-refractivity contribution in [1.29, 1.82) is 0 Å².